The number of hydrogen-bond donors (Lipinski definition) is 0. The Hall–Kier alpha value is -1.29. The first-order valence-corrected chi connectivity index (χ1v) is 16.2. The number of benzene rings is 1. The van der Waals surface area contributed by atoms with E-state index in [4.69, 9.17) is 9.47 Å². The Kier molecular flexibility index (Phi) is 8.40. The van der Waals surface area contributed by atoms with Gasteiger partial charge in [-0.3, -0.25) is 0 Å². The van der Waals surface area contributed by atoms with Crippen molar-refractivity contribution in [1.82, 2.24) is 0 Å². The van der Waals surface area contributed by atoms with Crippen molar-refractivity contribution in [3.8, 4) is 5.75 Å². The van der Waals surface area contributed by atoms with Gasteiger partial charge < -0.3 is 9.47 Å². The quantitative estimate of drug-likeness (QED) is 0.181. The molecule has 0 heterocycles. The smallest absolute Gasteiger partial charge is 0.430 e. The third-order valence-corrected chi connectivity index (χ3v) is 12.2. The monoisotopic (exact) mass is 584 g/mol. The molecule has 4 heteroatoms. The molecular weight excluding hydrogens is 536 g/mol. The number of para-hydroxylation sites is 1. The van der Waals surface area contributed by atoms with Crippen LogP contribution >= 0.6 is 15.9 Å². The average Bonchev–Trinajstić information content (AvgIpc) is 3.23. The van der Waals surface area contributed by atoms with Gasteiger partial charge in [0.2, 0.25) is 0 Å². The predicted molar refractivity (Wildman–Crippen MR) is 158 cm³/mol. The van der Waals surface area contributed by atoms with Gasteiger partial charge in [0.15, 0.2) is 0 Å². The molecule has 0 spiro atoms. The van der Waals surface area contributed by atoms with E-state index in [-0.39, 0.29) is 11.5 Å². The van der Waals surface area contributed by atoms with Crippen molar-refractivity contribution >= 4 is 22.1 Å². The summed E-state index contributed by atoms with van der Waals surface area (Å²) in [4.78, 5) is 12.6. The number of ether oxygens (including phenoxy) is 2. The molecule has 0 aromatic heterocycles. The van der Waals surface area contributed by atoms with Crippen LogP contribution in [0.5, 0.6) is 5.75 Å². The Bertz CT molecular complexity index is 1030. The zero-order chi connectivity index (χ0) is 27.1. The second-order valence-corrected chi connectivity index (χ2v) is 14.9. The minimum atomic E-state index is -0.590. The van der Waals surface area contributed by atoms with Gasteiger partial charge in [0.1, 0.15) is 11.9 Å². The maximum absolute atomic E-state index is 12.6. The van der Waals surface area contributed by atoms with Gasteiger partial charge in [0, 0.05) is 6.42 Å². The Morgan fingerprint density at radius 1 is 1.03 bits per heavy atom. The molecule has 0 unspecified atom stereocenters. The average molecular weight is 586 g/mol. The highest BCUT2D eigenvalue weighted by molar-refractivity contribution is 9.10. The summed E-state index contributed by atoms with van der Waals surface area (Å²) in [5, 5.41) is 0. The number of carbonyl (C=O) groups is 1. The molecular formula is C34H49BrO3. The van der Waals surface area contributed by atoms with Gasteiger partial charge in [-0.05, 0) is 119 Å². The molecule has 0 aliphatic heterocycles. The van der Waals surface area contributed by atoms with E-state index in [9.17, 15) is 4.79 Å². The number of hydrogen-bond acceptors (Lipinski definition) is 3. The SMILES string of the molecule is CC(C)CCC[C@H](C)[C@@H]1CC[C@H]2[C@H]3CC=C4C[C@@H](OC(=O)Oc5ccccc5Br)CC[C@]4(C)[C@@H]3CC[C@@]21C. The third-order valence-electron chi connectivity index (χ3n) is 11.6. The summed E-state index contributed by atoms with van der Waals surface area (Å²) in [6.07, 6.45) is 15.9. The number of carbonyl (C=O) groups excluding carboxylic acids is 1. The largest absolute Gasteiger partial charge is 0.514 e. The lowest BCUT2D eigenvalue weighted by atomic mass is 9.47. The van der Waals surface area contributed by atoms with Crippen molar-refractivity contribution in [2.75, 3.05) is 0 Å². The number of fused-ring (bicyclic) bond motifs is 5. The lowest BCUT2D eigenvalue weighted by molar-refractivity contribution is -0.0597. The first-order chi connectivity index (χ1) is 18.1. The van der Waals surface area contributed by atoms with Crippen LogP contribution in [0.3, 0.4) is 0 Å². The molecule has 3 nitrogen and oxygen atoms in total. The standard InChI is InChI=1S/C34H49BrO3/c1-22(2)9-8-10-23(3)27-15-16-28-26-14-13-24-21-25(37-32(36)38-31-12-7-6-11-30(31)35)17-19-33(24,4)29(26)18-20-34(27,28)5/h6-7,11-13,22-23,25-29H,8-10,14-21H2,1-5H3/t23-,25-,26+,27-,28-,29+,33-,34+/m0/s1. The Morgan fingerprint density at radius 2 is 1.82 bits per heavy atom. The van der Waals surface area contributed by atoms with E-state index in [2.05, 4.69) is 56.6 Å². The lowest BCUT2D eigenvalue weighted by Gasteiger charge is -2.58. The molecule has 4 aliphatic carbocycles. The fourth-order valence-electron chi connectivity index (χ4n) is 9.53. The second-order valence-electron chi connectivity index (χ2n) is 14.1. The van der Waals surface area contributed by atoms with Gasteiger partial charge >= 0.3 is 6.16 Å². The van der Waals surface area contributed by atoms with E-state index < -0.39 is 6.16 Å². The minimum absolute atomic E-state index is 0.0859. The summed E-state index contributed by atoms with van der Waals surface area (Å²) in [5.74, 6) is 5.57. The van der Waals surface area contributed by atoms with Gasteiger partial charge in [0.25, 0.3) is 0 Å². The molecule has 1 aromatic carbocycles. The molecule has 3 saturated carbocycles. The Morgan fingerprint density at radius 3 is 2.58 bits per heavy atom. The molecule has 1 aromatic rings. The van der Waals surface area contributed by atoms with E-state index in [0.717, 1.165) is 59.2 Å². The normalized spacial score (nSPS) is 37.0. The fourth-order valence-corrected chi connectivity index (χ4v) is 9.90. The van der Waals surface area contributed by atoms with Crippen LogP contribution in [0.25, 0.3) is 0 Å². The highest BCUT2D eigenvalue weighted by atomic mass is 79.9. The molecule has 8 atom stereocenters. The number of rotatable bonds is 7. The van der Waals surface area contributed by atoms with E-state index in [1.807, 2.05) is 18.2 Å². The summed E-state index contributed by atoms with van der Waals surface area (Å²) in [7, 11) is 0. The van der Waals surface area contributed by atoms with Crippen molar-refractivity contribution in [1.29, 1.82) is 0 Å². The Balaban J connectivity index is 1.22. The van der Waals surface area contributed by atoms with Crippen molar-refractivity contribution in [3.05, 3.63) is 40.4 Å². The van der Waals surface area contributed by atoms with E-state index in [1.54, 1.807) is 11.6 Å². The highest BCUT2D eigenvalue weighted by Gasteiger charge is 2.59. The lowest BCUT2D eigenvalue weighted by Crippen LogP contribution is -2.51. The van der Waals surface area contributed by atoms with E-state index in [1.165, 1.54) is 51.4 Å². The molecule has 0 amide bonds. The van der Waals surface area contributed by atoms with E-state index >= 15 is 0 Å². The summed E-state index contributed by atoms with van der Waals surface area (Å²) in [6.45, 7) is 12.5. The van der Waals surface area contributed by atoms with Crippen LogP contribution in [0.15, 0.2) is 40.4 Å². The molecule has 0 N–H and O–H groups in total. The summed E-state index contributed by atoms with van der Waals surface area (Å²) in [5.41, 5.74) is 2.33. The van der Waals surface area contributed by atoms with Crippen molar-refractivity contribution < 1.29 is 14.3 Å². The van der Waals surface area contributed by atoms with Gasteiger partial charge in [-0.15, -0.1) is 0 Å². The van der Waals surface area contributed by atoms with Gasteiger partial charge in [0.05, 0.1) is 4.47 Å². The summed E-state index contributed by atoms with van der Waals surface area (Å²) in [6, 6.07) is 7.41. The van der Waals surface area contributed by atoms with Crippen LogP contribution in [0.2, 0.25) is 0 Å². The topological polar surface area (TPSA) is 35.5 Å². The number of halogens is 1. The van der Waals surface area contributed by atoms with Crippen LogP contribution in [0.1, 0.15) is 105 Å². The van der Waals surface area contributed by atoms with Crippen molar-refractivity contribution in [3.63, 3.8) is 0 Å². The summed E-state index contributed by atoms with van der Waals surface area (Å²) < 4.78 is 12.1. The van der Waals surface area contributed by atoms with E-state index in [0.29, 0.717) is 11.2 Å². The minimum Gasteiger partial charge on any atom is -0.430 e. The molecule has 0 bridgehead atoms. The van der Waals surface area contributed by atoms with Gasteiger partial charge in [-0.25, -0.2) is 4.79 Å². The molecule has 3 fully saturated rings. The van der Waals surface area contributed by atoms with Crippen molar-refractivity contribution in [2.45, 2.75) is 111 Å². The van der Waals surface area contributed by atoms with Gasteiger partial charge in [-0.2, -0.15) is 0 Å². The van der Waals surface area contributed by atoms with Crippen LogP contribution in [-0.4, -0.2) is 12.3 Å². The molecule has 0 radical (unpaired) electrons. The van der Waals surface area contributed by atoms with Crippen molar-refractivity contribution in [2.24, 2.45) is 46.3 Å². The summed E-state index contributed by atoms with van der Waals surface area (Å²) >= 11 is 3.44. The van der Waals surface area contributed by atoms with Crippen LogP contribution in [0, 0.1) is 46.3 Å². The fraction of sp³-hybridized carbons (Fsp3) is 0.735. The Labute approximate surface area is 239 Å². The maximum atomic E-state index is 12.6. The molecule has 0 saturated heterocycles. The van der Waals surface area contributed by atoms with Crippen LogP contribution in [0.4, 0.5) is 4.79 Å². The predicted octanol–water partition coefficient (Wildman–Crippen LogP) is 10.4. The maximum Gasteiger partial charge on any atom is 0.514 e. The number of allylic oxidation sites excluding steroid dienone is 1. The second kappa shape index (κ2) is 11.3. The van der Waals surface area contributed by atoms with Crippen LogP contribution < -0.4 is 4.74 Å². The molecule has 4 aliphatic rings. The zero-order valence-corrected chi connectivity index (χ0v) is 25.9. The molecule has 38 heavy (non-hydrogen) atoms. The van der Waals surface area contributed by atoms with Gasteiger partial charge in [-0.1, -0.05) is 77.7 Å². The van der Waals surface area contributed by atoms with Crippen LogP contribution in [-0.2, 0) is 4.74 Å². The third kappa shape index (κ3) is 5.37. The highest BCUT2D eigenvalue weighted by Crippen LogP contribution is 2.67. The first-order valence-electron chi connectivity index (χ1n) is 15.4. The molecule has 210 valence electrons. The first kappa shape index (κ1) is 28.2. The zero-order valence-electron chi connectivity index (χ0n) is 24.3. The molecule has 5 rings (SSSR count).